The van der Waals surface area contributed by atoms with Gasteiger partial charge < -0.3 is 20.7 Å². The average molecular weight is 577 g/mol. The second-order valence-corrected chi connectivity index (χ2v) is 8.64. The van der Waals surface area contributed by atoms with Crippen molar-refractivity contribution in [3.8, 4) is 16.9 Å². The Balaban J connectivity index is 0.00000306. The van der Waals surface area contributed by atoms with Crippen molar-refractivity contribution in [1.82, 2.24) is 10.6 Å². The number of carbonyl (C=O) groups excluding carboxylic acids is 1. The van der Waals surface area contributed by atoms with Crippen molar-refractivity contribution >= 4 is 52.9 Å². The molecule has 0 bridgehead atoms. The van der Waals surface area contributed by atoms with E-state index in [9.17, 15) is 4.79 Å². The van der Waals surface area contributed by atoms with E-state index >= 15 is 0 Å². The highest BCUT2D eigenvalue weighted by atomic mass is 127. The summed E-state index contributed by atoms with van der Waals surface area (Å²) in [5, 5.41) is 11.8. The number of nitrogens with zero attached hydrogens (tertiary/aromatic N) is 1. The Labute approximate surface area is 215 Å². The van der Waals surface area contributed by atoms with E-state index in [-0.39, 0.29) is 35.8 Å². The zero-order chi connectivity index (χ0) is 22.3. The Kier molecular flexibility index (Phi) is 9.13. The van der Waals surface area contributed by atoms with Crippen LogP contribution in [-0.4, -0.2) is 32.1 Å². The Morgan fingerprint density at radius 1 is 1.15 bits per heavy atom. The SMILES string of the molecule is CCNC(=NCc1cc(-c2ccc(OC)cc2)cs1)NCC1CC(=O)Nc2ccccc21.I. The van der Waals surface area contributed by atoms with Crippen LogP contribution in [0.25, 0.3) is 11.1 Å². The van der Waals surface area contributed by atoms with Crippen LogP contribution in [-0.2, 0) is 11.3 Å². The van der Waals surface area contributed by atoms with Crippen LogP contribution in [0.4, 0.5) is 5.69 Å². The highest BCUT2D eigenvalue weighted by molar-refractivity contribution is 14.0. The highest BCUT2D eigenvalue weighted by Gasteiger charge is 2.24. The number of anilines is 1. The number of halogens is 1. The summed E-state index contributed by atoms with van der Waals surface area (Å²) in [6.45, 7) is 4.07. The summed E-state index contributed by atoms with van der Waals surface area (Å²) in [7, 11) is 1.67. The van der Waals surface area contributed by atoms with E-state index in [1.165, 1.54) is 10.4 Å². The van der Waals surface area contributed by atoms with Crippen molar-refractivity contribution in [1.29, 1.82) is 0 Å². The summed E-state index contributed by atoms with van der Waals surface area (Å²) in [5.74, 6) is 1.79. The number of ether oxygens (including phenoxy) is 1. The average Bonchev–Trinajstić information content (AvgIpc) is 3.29. The molecule has 0 fully saturated rings. The smallest absolute Gasteiger partial charge is 0.225 e. The fourth-order valence-corrected chi connectivity index (χ4v) is 4.62. The van der Waals surface area contributed by atoms with Crippen LogP contribution in [0.15, 0.2) is 65.0 Å². The van der Waals surface area contributed by atoms with Gasteiger partial charge in [0, 0.05) is 36.0 Å². The lowest BCUT2D eigenvalue weighted by Crippen LogP contribution is -2.40. The molecule has 1 aromatic heterocycles. The second-order valence-electron chi connectivity index (χ2n) is 7.64. The number of fused-ring (bicyclic) bond motifs is 1. The van der Waals surface area contributed by atoms with E-state index in [2.05, 4.69) is 45.6 Å². The summed E-state index contributed by atoms with van der Waals surface area (Å²) in [4.78, 5) is 18.0. The van der Waals surface area contributed by atoms with E-state index in [1.807, 2.05) is 37.3 Å². The Hall–Kier alpha value is -2.59. The summed E-state index contributed by atoms with van der Waals surface area (Å²) in [5.41, 5.74) is 4.42. The van der Waals surface area contributed by atoms with Crippen LogP contribution in [0.5, 0.6) is 5.75 Å². The molecule has 2 aromatic carbocycles. The maximum absolute atomic E-state index is 12.1. The molecule has 2 heterocycles. The van der Waals surface area contributed by atoms with Gasteiger partial charge in [-0.05, 0) is 53.3 Å². The Morgan fingerprint density at radius 3 is 2.70 bits per heavy atom. The van der Waals surface area contributed by atoms with Crippen LogP contribution in [0, 0.1) is 0 Å². The van der Waals surface area contributed by atoms with Crippen molar-refractivity contribution in [2.75, 3.05) is 25.5 Å². The summed E-state index contributed by atoms with van der Waals surface area (Å²) < 4.78 is 5.24. The third-order valence-corrected chi connectivity index (χ3v) is 6.36. The third-order valence-electron chi connectivity index (χ3n) is 5.44. The second kappa shape index (κ2) is 12.0. The minimum Gasteiger partial charge on any atom is -0.497 e. The standard InChI is InChI=1S/C25H28N4O2S.HI/c1-3-26-25(27-14-18-13-24(30)29-23-7-5-4-6-22(18)23)28-15-21-12-19(16-32-21)17-8-10-20(31-2)11-9-17;/h4-12,16,18H,3,13-15H2,1-2H3,(H,29,30)(H2,26,27,28);1H. The lowest BCUT2D eigenvalue weighted by molar-refractivity contribution is -0.116. The molecule has 0 saturated heterocycles. The molecule has 8 heteroatoms. The number of hydrogen-bond acceptors (Lipinski definition) is 4. The lowest BCUT2D eigenvalue weighted by Gasteiger charge is -2.26. The normalized spacial score (nSPS) is 15.2. The first-order chi connectivity index (χ1) is 15.7. The monoisotopic (exact) mass is 576 g/mol. The molecular formula is C25H29IN4O2S. The maximum atomic E-state index is 12.1. The van der Waals surface area contributed by atoms with E-state index in [0.717, 1.165) is 35.1 Å². The Morgan fingerprint density at radius 2 is 1.94 bits per heavy atom. The minimum atomic E-state index is 0. The van der Waals surface area contributed by atoms with Gasteiger partial charge in [-0.1, -0.05) is 30.3 Å². The van der Waals surface area contributed by atoms with E-state index < -0.39 is 0 Å². The number of guanidine groups is 1. The van der Waals surface area contributed by atoms with Crippen molar-refractivity contribution in [3.05, 3.63) is 70.4 Å². The number of aliphatic imine (C=N–C) groups is 1. The number of nitrogens with one attached hydrogen (secondary N) is 3. The molecule has 0 spiro atoms. The first-order valence-electron chi connectivity index (χ1n) is 10.8. The number of para-hydroxylation sites is 1. The molecule has 0 radical (unpaired) electrons. The molecular weight excluding hydrogens is 547 g/mol. The molecule has 3 N–H and O–H groups in total. The topological polar surface area (TPSA) is 74.8 Å². The van der Waals surface area contributed by atoms with Crippen LogP contribution in [0.3, 0.4) is 0 Å². The predicted molar refractivity (Wildman–Crippen MR) is 147 cm³/mol. The van der Waals surface area contributed by atoms with Crippen LogP contribution in [0.1, 0.15) is 29.7 Å². The summed E-state index contributed by atoms with van der Waals surface area (Å²) >= 11 is 1.70. The van der Waals surface area contributed by atoms with Crippen LogP contribution in [0.2, 0.25) is 0 Å². The number of hydrogen-bond donors (Lipinski definition) is 3. The van der Waals surface area contributed by atoms with Gasteiger partial charge in [0.1, 0.15) is 5.75 Å². The fourth-order valence-electron chi connectivity index (χ4n) is 3.80. The molecule has 6 nitrogen and oxygen atoms in total. The molecule has 4 rings (SSSR count). The van der Waals surface area contributed by atoms with E-state index in [4.69, 9.17) is 9.73 Å². The molecule has 174 valence electrons. The molecule has 0 aliphatic carbocycles. The summed E-state index contributed by atoms with van der Waals surface area (Å²) in [6, 6.07) is 18.3. The van der Waals surface area contributed by atoms with Crippen LogP contribution < -0.4 is 20.7 Å². The van der Waals surface area contributed by atoms with Gasteiger partial charge in [0.2, 0.25) is 5.91 Å². The number of benzene rings is 2. The highest BCUT2D eigenvalue weighted by Crippen LogP contribution is 2.31. The van der Waals surface area contributed by atoms with Crippen LogP contribution >= 0.6 is 35.3 Å². The van der Waals surface area contributed by atoms with Gasteiger partial charge in [-0.25, -0.2) is 4.99 Å². The predicted octanol–water partition coefficient (Wildman–Crippen LogP) is 5.22. The van der Waals surface area contributed by atoms with Gasteiger partial charge in [0.15, 0.2) is 5.96 Å². The molecule has 1 atom stereocenters. The lowest BCUT2D eigenvalue weighted by atomic mass is 9.90. The van der Waals surface area contributed by atoms with Gasteiger partial charge in [-0.3, -0.25) is 4.79 Å². The van der Waals surface area contributed by atoms with Gasteiger partial charge >= 0.3 is 0 Å². The first-order valence-corrected chi connectivity index (χ1v) is 11.7. The molecule has 1 amide bonds. The molecule has 0 saturated carbocycles. The van der Waals surface area contributed by atoms with Crippen molar-refractivity contribution in [3.63, 3.8) is 0 Å². The van der Waals surface area contributed by atoms with E-state index in [0.29, 0.717) is 19.5 Å². The zero-order valence-electron chi connectivity index (χ0n) is 18.8. The van der Waals surface area contributed by atoms with Crippen molar-refractivity contribution < 1.29 is 9.53 Å². The maximum Gasteiger partial charge on any atom is 0.225 e. The van der Waals surface area contributed by atoms with Crippen molar-refractivity contribution in [2.45, 2.75) is 25.8 Å². The number of methoxy groups -OCH3 is 1. The molecule has 1 unspecified atom stereocenters. The van der Waals surface area contributed by atoms with Gasteiger partial charge in [0.05, 0.1) is 13.7 Å². The zero-order valence-corrected chi connectivity index (χ0v) is 21.9. The fraction of sp³-hybridized carbons (Fsp3) is 0.280. The number of carbonyl (C=O) groups is 1. The quantitative estimate of drug-likeness (QED) is 0.205. The number of amides is 1. The van der Waals surface area contributed by atoms with Gasteiger partial charge in [-0.15, -0.1) is 35.3 Å². The van der Waals surface area contributed by atoms with Crippen molar-refractivity contribution in [2.24, 2.45) is 4.99 Å². The molecule has 1 aliphatic rings. The minimum absolute atomic E-state index is 0. The first kappa shape index (κ1) is 25.0. The molecule has 1 aliphatic heterocycles. The number of rotatable bonds is 7. The largest absolute Gasteiger partial charge is 0.497 e. The van der Waals surface area contributed by atoms with Gasteiger partial charge in [0.25, 0.3) is 0 Å². The molecule has 3 aromatic rings. The third kappa shape index (κ3) is 6.48. The number of thiophene rings is 1. The van der Waals surface area contributed by atoms with Gasteiger partial charge in [-0.2, -0.15) is 0 Å². The molecule has 33 heavy (non-hydrogen) atoms. The summed E-state index contributed by atoms with van der Waals surface area (Å²) in [6.07, 6.45) is 0.472. The van der Waals surface area contributed by atoms with E-state index in [1.54, 1.807) is 18.4 Å². The Bertz CT molecular complexity index is 1100.